The van der Waals surface area contributed by atoms with E-state index in [2.05, 4.69) is 9.88 Å². The molecule has 0 unspecified atom stereocenters. The first-order valence-corrected chi connectivity index (χ1v) is 8.35. The number of hydrogen-bond acceptors (Lipinski definition) is 5. The number of nitrogens with zero attached hydrogens (tertiary/aromatic N) is 2. The summed E-state index contributed by atoms with van der Waals surface area (Å²) in [7, 11) is 1.48. The van der Waals surface area contributed by atoms with Crippen LogP contribution in [0, 0.1) is 0 Å². The zero-order valence-corrected chi connectivity index (χ0v) is 14.2. The maximum absolute atomic E-state index is 11.3. The molecule has 0 aliphatic carbocycles. The van der Waals surface area contributed by atoms with Gasteiger partial charge in [0.15, 0.2) is 0 Å². The number of aromatic nitrogens is 1. The number of rotatable bonds is 6. The summed E-state index contributed by atoms with van der Waals surface area (Å²) < 4.78 is 11.1. The number of benzene rings is 1. The number of carbonyl (C=O) groups is 1. The van der Waals surface area contributed by atoms with Gasteiger partial charge in [-0.2, -0.15) is 0 Å². The van der Waals surface area contributed by atoms with Gasteiger partial charge in [0.05, 0.1) is 13.3 Å². The van der Waals surface area contributed by atoms with Crippen LogP contribution in [0.1, 0.15) is 28.8 Å². The number of methoxy groups -OCH3 is 1. The van der Waals surface area contributed by atoms with Gasteiger partial charge in [-0.05, 0) is 42.7 Å². The van der Waals surface area contributed by atoms with Gasteiger partial charge in [-0.25, -0.2) is 4.79 Å². The van der Waals surface area contributed by atoms with Crippen molar-refractivity contribution in [2.24, 2.45) is 0 Å². The first-order valence-electron chi connectivity index (χ1n) is 8.35. The molecular formula is C19H22N2O4. The number of carboxylic acids is 1. The van der Waals surface area contributed by atoms with Gasteiger partial charge in [0, 0.05) is 25.8 Å². The van der Waals surface area contributed by atoms with E-state index in [0.717, 1.165) is 43.8 Å². The van der Waals surface area contributed by atoms with Crippen molar-refractivity contribution < 1.29 is 19.4 Å². The Bertz CT molecular complexity index is 713. The van der Waals surface area contributed by atoms with Gasteiger partial charge >= 0.3 is 5.97 Å². The number of ether oxygens (including phenoxy) is 2. The molecule has 132 valence electrons. The SMILES string of the molecule is COc1ccc(CN2CCC(Oc3cccnc3)CC2)cc1C(=O)O. The Morgan fingerprint density at radius 2 is 2.12 bits per heavy atom. The van der Waals surface area contributed by atoms with Gasteiger partial charge in [0.1, 0.15) is 23.2 Å². The summed E-state index contributed by atoms with van der Waals surface area (Å²) in [4.78, 5) is 17.7. The van der Waals surface area contributed by atoms with Crippen molar-refractivity contribution in [3.63, 3.8) is 0 Å². The molecule has 6 heteroatoms. The van der Waals surface area contributed by atoms with Crippen LogP contribution in [-0.4, -0.2) is 47.3 Å². The molecule has 2 aromatic rings. The zero-order chi connectivity index (χ0) is 17.6. The quantitative estimate of drug-likeness (QED) is 0.870. The van der Waals surface area contributed by atoms with Gasteiger partial charge in [0.2, 0.25) is 0 Å². The second-order valence-corrected chi connectivity index (χ2v) is 6.12. The van der Waals surface area contributed by atoms with Crippen LogP contribution in [-0.2, 0) is 6.54 Å². The molecule has 1 aromatic heterocycles. The molecule has 1 N–H and O–H groups in total. The summed E-state index contributed by atoms with van der Waals surface area (Å²) >= 11 is 0. The van der Waals surface area contributed by atoms with E-state index in [0.29, 0.717) is 5.75 Å². The molecule has 0 atom stereocenters. The molecule has 1 aromatic carbocycles. The van der Waals surface area contributed by atoms with Crippen LogP contribution in [0.4, 0.5) is 0 Å². The smallest absolute Gasteiger partial charge is 0.339 e. The maximum Gasteiger partial charge on any atom is 0.339 e. The second kappa shape index (κ2) is 7.98. The minimum atomic E-state index is -0.970. The maximum atomic E-state index is 11.3. The van der Waals surface area contributed by atoms with Gasteiger partial charge in [-0.15, -0.1) is 0 Å². The van der Waals surface area contributed by atoms with E-state index in [1.807, 2.05) is 18.2 Å². The summed E-state index contributed by atoms with van der Waals surface area (Å²) in [6.07, 6.45) is 5.55. The van der Waals surface area contributed by atoms with Gasteiger partial charge in [-0.3, -0.25) is 9.88 Å². The molecule has 0 spiro atoms. The van der Waals surface area contributed by atoms with E-state index in [-0.39, 0.29) is 11.7 Å². The first-order chi connectivity index (χ1) is 12.2. The summed E-state index contributed by atoms with van der Waals surface area (Å²) in [5.41, 5.74) is 1.18. The van der Waals surface area contributed by atoms with Crippen LogP contribution in [0.25, 0.3) is 0 Å². The van der Waals surface area contributed by atoms with Crippen LogP contribution in [0.15, 0.2) is 42.7 Å². The van der Waals surface area contributed by atoms with E-state index >= 15 is 0 Å². The lowest BCUT2D eigenvalue weighted by Crippen LogP contribution is -2.37. The number of aromatic carboxylic acids is 1. The minimum Gasteiger partial charge on any atom is -0.496 e. The van der Waals surface area contributed by atoms with E-state index in [1.54, 1.807) is 24.5 Å². The molecular weight excluding hydrogens is 320 g/mol. The summed E-state index contributed by atoms with van der Waals surface area (Å²) in [6, 6.07) is 9.12. The number of piperidine rings is 1. The van der Waals surface area contributed by atoms with Crippen LogP contribution in [0.3, 0.4) is 0 Å². The van der Waals surface area contributed by atoms with Crippen LogP contribution in [0.5, 0.6) is 11.5 Å². The van der Waals surface area contributed by atoms with Crippen molar-refractivity contribution in [2.45, 2.75) is 25.5 Å². The van der Waals surface area contributed by atoms with E-state index in [1.165, 1.54) is 7.11 Å². The summed E-state index contributed by atoms with van der Waals surface area (Å²) in [6.45, 7) is 2.56. The topological polar surface area (TPSA) is 71.9 Å². The Kier molecular flexibility index (Phi) is 5.50. The van der Waals surface area contributed by atoms with Crippen molar-refractivity contribution >= 4 is 5.97 Å². The second-order valence-electron chi connectivity index (χ2n) is 6.12. The lowest BCUT2D eigenvalue weighted by molar-refractivity contribution is 0.0693. The largest absolute Gasteiger partial charge is 0.496 e. The van der Waals surface area contributed by atoms with Gasteiger partial charge in [0.25, 0.3) is 0 Å². The minimum absolute atomic E-state index is 0.200. The number of likely N-dealkylation sites (tertiary alicyclic amines) is 1. The molecule has 25 heavy (non-hydrogen) atoms. The van der Waals surface area contributed by atoms with Crippen LogP contribution >= 0.6 is 0 Å². The summed E-state index contributed by atoms with van der Waals surface area (Å²) in [5, 5.41) is 9.29. The Morgan fingerprint density at radius 1 is 1.32 bits per heavy atom. The zero-order valence-electron chi connectivity index (χ0n) is 14.2. The van der Waals surface area contributed by atoms with E-state index in [9.17, 15) is 9.90 Å². The highest BCUT2D eigenvalue weighted by Gasteiger charge is 2.21. The van der Waals surface area contributed by atoms with Crippen molar-refractivity contribution in [3.8, 4) is 11.5 Å². The molecule has 1 aliphatic rings. The molecule has 2 heterocycles. The highest BCUT2D eigenvalue weighted by atomic mass is 16.5. The highest BCUT2D eigenvalue weighted by Crippen LogP contribution is 2.23. The van der Waals surface area contributed by atoms with E-state index < -0.39 is 5.97 Å². The van der Waals surface area contributed by atoms with Crippen molar-refractivity contribution in [2.75, 3.05) is 20.2 Å². The fourth-order valence-electron chi connectivity index (χ4n) is 3.07. The molecule has 1 saturated heterocycles. The third-order valence-corrected chi connectivity index (χ3v) is 4.37. The standard InChI is InChI=1S/C19H22N2O4/c1-24-18-5-4-14(11-17(18)19(22)23)13-21-9-6-15(7-10-21)25-16-3-2-8-20-12-16/h2-5,8,11-12,15H,6-7,9-10,13H2,1H3,(H,22,23). The molecule has 0 radical (unpaired) electrons. The molecule has 3 rings (SSSR count). The van der Waals surface area contributed by atoms with Crippen molar-refractivity contribution in [1.29, 1.82) is 0 Å². The third kappa shape index (κ3) is 4.48. The normalized spacial score (nSPS) is 15.7. The highest BCUT2D eigenvalue weighted by molar-refractivity contribution is 5.91. The number of pyridine rings is 1. The Morgan fingerprint density at radius 3 is 2.76 bits per heavy atom. The third-order valence-electron chi connectivity index (χ3n) is 4.37. The predicted octanol–water partition coefficient (Wildman–Crippen LogP) is 2.83. The first kappa shape index (κ1) is 17.2. The lowest BCUT2D eigenvalue weighted by Gasteiger charge is -2.32. The molecule has 0 amide bonds. The Labute approximate surface area is 147 Å². The number of carboxylic acid groups (broad SMARTS) is 1. The average molecular weight is 342 g/mol. The predicted molar refractivity (Wildman–Crippen MR) is 93.1 cm³/mol. The number of hydrogen-bond donors (Lipinski definition) is 1. The Hall–Kier alpha value is -2.60. The van der Waals surface area contributed by atoms with Crippen LogP contribution in [0.2, 0.25) is 0 Å². The van der Waals surface area contributed by atoms with E-state index in [4.69, 9.17) is 9.47 Å². The fraction of sp³-hybridized carbons (Fsp3) is 0.368. The lowest BCUT2D eigenvalue weighted by atomic mass is 10.1. The fourth-order valence-corrected chi connectivity index (χ4v) is 3.07. The molecule has 1 fully saturated rings. The van der Waals surface area contributed by atoms with Gasteiger partial charge in [-0.1, -0.05) is 6.07 Å². The van der Waals surface area contributed by atoms with Crippen molar-refractivity contribution in [1.82, 2.24) is 9.88 Å². The molecule has 0 bridgehead atoms. The Balaban J connectivity index is 1.55. The van der Waals surface area contributed by atoms with Gasteiger partial charge < -0.3 is 14.6 Å². The monoisotopic (exact) mass is 342 g/mol. The average Bonchev–Trinajstić information content (AvgIpc) is 2.64. The van der Waals surface area contributed by atoms with Crippen LogP contribution < -0.4 is 9.47 Å². The molecule has 6 nitrogen and oxygen atoms in total. The molecule has 0 saturated carbocycles. The molecule has 1 aliphatic heterocycles. The van der Waals surface area contributed by atoms with Crippen molar-refractivity contribution in [3.05, 3.63) is 53.9 Å². The summed E-state index contributed by atoms with van der Waals surface area (Å²) in [5.74, 6) is 0.226.